The Labute approximate surface area is 136 Å². The van der Waals surface area contributed by atoms with E-state index in [2.05, 4.69) is 15.3 Å². The quantitative estimate of drug-likeness (QED) is 0.735. The number of halogens is 1. The lowest BCUT2D eigenvalue weighted by molar-refractivity contribution is -0.113. The number of anilines is 1. The van der Waals surface area contributed by atoms with Crippen molar-refractivity contribution in [2.24, 2.45) is 0 Å². The number of amides is 1. The lowest BCUT2D eigenvalue weighted by atomic mass is 10.1. The molecule has 1 N–H and O–H groups in total. The second-order valence-electron chi connectivity index (χ2n) is 4.54. The molecule has 3 rings (SSSR count). The Balaban J connectivity index is 1.87. The molecule has 0 aliphatic rings. The molecule has 1 aromatic carbocycles. The van der Waals surface area contributed by atoms with Crippen LogP contribution in [-0.4, -0.2) is 21.8 Å². The normalized spacial score (nSPS) is 10.4. The van der Waals surface area contributed by atoms with Gasteiger partial charge in [-0.1, -0.05) is 12.1 Å². The molecule has 0 saturated heterocycles. The van der Waals surface area contributed by atoms with E-state index in [-0.39, 0.29) is 11.8 Å². The molecular weight excluding hydrogens is 318 g/mol. The highest BCUT2D eigenvalue weighted by Gasteiger charge is 2.08. The van der Waals surface area contributed by atoms with E-state index in [1.54, 1.807) is 23.7 Å². The zero-order valence-electron chi connectivity index (χ0n) is 11.5. The summed E-state index contributed by atoms with van der Waals surface area (Å²) in [5, 5.41) is 5.64. The van der Waals surface area contributed by atoms with Crippen LogP contribution in [0.3, 0.4) is 0 Å². The van der Waals surface area contributed by atoms with Crippen LogP contribution in [0.2, 0.25) is 0 Å². The summed E-state index contributed by atoms with van der Waals surface area (Å²) in [6.07, 6.45) is 3.53. The minimum Gasteiger partial charge on any atom is -0.325 e. The number of carbonyl (C=O) groups is 1. The van der Waals surface area contributed by atoms with Crippen LogP contribution in [0.1, 0.15) is 0 Å². The van der Waals surface area contributed by atoms with Gasteiger partial charge in [0.05, 0.1) is 5.69 Å². The van der Waals surface area contributed by atoms with Crippen molar-refractivity contribution >= 4 is 34.5 Å². The van der Waals surface area contributed by atoms with Crippen LogP contribution in [0, 0.1) is 0 Å². The molecule has 2 aromatic heterocycles. The first-order valence-corrected chi connectivity index (χ1v) is 8.00. The van der Waals surface area contributed by atoms with Gasteiger partial charge in [-0.25, -0.2) is 4.98 Å². The van der Waals surface area contributed by atoms with Crippen molar-refractivity contribution in [3.63, 3.8) is 0 Å². The average molecular weight is 330 g/mol. The summed E-state index contributed by atoms with van der Waals surface area (Å²) >= 11 is 7.06. The molecular formula is C16H12ClN3OS. The molecule has 0 aliphatic heterocycles. The van der Waals surface area contributed by atoms with Gasteiger partial charge in [0.25, 0.3) is 0 Å². The molecule has 0 bridgehead atoms. The van der Waals surface area contributed by atoms with E-state index >= 15 is 0 Å². The number of carbonyl (C=O) groups excluding carboxylic acids is 1. The molecule has 22 heavy (non-hydrogen) atoms. The molecule has 4 nitrogen and oxygen atoms in total. The summed E-state index contributed by atoms with van der Waals surface area (Å²) in [5.74, 6) is -0.292. The number of benzene rings is 1. The Morgan fingerprint density at radius 1 is 1.23 bits per heavy atom. The van der Waals surface area contributed by atoms with E-state index in [0.717, 1.165) is 21.8 Å². The number of aromatic nitrogens is 2. The maximum absolute atomic E-state index is 11.4. The fourth-order valence-electron chi connectivity index (χ4n) is 1.98. The van der Waals surface area contributed by atoms with E-state index in [1.807, 2.05) is 41.8 Å². The number of thiazole rings is 1. The van der Waals surface area contributed by atoms with Crippen LogP contribution in [0.4, 0.5) is 5.69 Å². The second kappa shape index (κ2) is 6.68. The van der Waals surface area contributed by atoms with Gasteiger partial charge in [-0.15, -0.1) is 22.9 Å². The first-order chi connectivity index (χ1) is 10.8. The Kier molecular flexibility index (Phi) is 4.46. The van der Waals surface area contributed by atoms with Crippen molar-refractivity contribution < 1.29 is 4.79 Å². The molecule has 0 radical (unpaired) electrons. The Morgan fingerprint density at radius 3 is 2.86 bits per heavy atom. The average Bonchev–Trinajstić information content (AvgIpc) is 3.06. The summed E-state index contributed by atoms with van der Waals surface area (Å²) in [5.41, 5.74) is 3.51. The summed E-state index contributed by atoms with van der Waals surface area (Å²) in [7, 11) is 0. The van der Waals surface area contributed by atoms with Crippen molar-refractivity contribution in [2.45, 2.75) is 0 Å². The molecule has 6 heteroatoms. The van der Waals surface area contributed by atoms with Gasteiger partial charge in [-0.2, -0.15) is 0 Å². The molecule has 0 spiro atoms. The Morgan fingerprint density at radius 2 is 2.09 bits per heavy atom. The number of alkyl halides is 1. The van der Waals surface area contributed by atoms with Crippen molar-refractivity contribution in [1.82, 2.24) is 9.97 Å². The largest absolute Gasteiger partial charge is 0.325 e. The van der Waals surface area contributed by atoms with E-state index in [1.165, 1.54) is 0 Å². The zero-order valence-corrected chi connectivity index (χ0v) is 13.1. The minimum absolute atomic E-state index is 0.0634. The number of nitrogens with zero attached hydrogens (tertiary/aromatic N) is 2. The number of hydrogen-bond acceptors (Lipinski definition) is 4. The van der Waals surface area contributed by atoms with Crippen molar-refractivity contribution in [2.75, 3.05) is 11.2 Å². The van der Waals surface area contributed by atoms with Crippen LogP contribution < -0.4 is 5.32 Å². The molecule has 3 aromatic rings. The third kappa shape index (κ3) is 3.32. The van der Waals surface area contributed by atoms with Gasteiger partial charge in [0.1, 0.15) is 10.9 Å². The standard InChI is InChI=1S/C16H12ClN3OS/c17-8-15(21)19-13-5-1-3-11(7-13)14-10-22-16(20-14)12-4-2-6-18-9-12/h1-7,9-10H,8H2,(H,19,21). The maximum atomic E-state index is 11.4. The minimum atomic E-state index is -0.229. The van der Waals surface area contributed by atoms with Crippen LogP contribution in [0.15, 0.2) is 54.2 Å². The fourth-order valence-corrected chi connectivity index (χ4v) is 2.87. The van der Waals surface area contributed by atoms with Crippen LogP contribution in [0.25, 0.3) is 21.8 Å². The molecule has 0 saturated carbocycles. The SMILES string of the molecule is O=C(CCl)Nc1cccc(-c2csc(-c3cccnc3)n2)c1. The number of pyridine rings is 1. The van der Waals surface area contributed by atoms with Gasteiger partial charge in [0, 0.05) is 34.6 Å². The molecule has 0 fully saturated rings. The third-order valence-corrected chi connectivity index (χ3v) is 4.11. The number of rotatable bonds is 4. The van der Waals surface area contributed by atoms with Gasteiger partial charge in [-0.3, -0.25) is 9.78 Å². The molecule has 110 valence electrons. The summed E-state index contributed by atoms with van der Waals surface area (Å²) in [6.45, 7) is 0. The van der Waals surface area contributed by atoms with Crippen molar-refractivity contribution in [3.05, 3.63) is 54.2 Å². The van der Waals surface area contributed by atoms with E-state index in [4.69, 9.17) is 11.6 Å². The first-order valence-electron chi connectivity index (χ1n) is 6.58. The van der Waals surface area contributed by atoms with Crippen LogP contribution in [-0.2, 0) is 4.79 Å². The predicted octanol–water partition coefficient (Wildman–Crippen LogP) is 4.05. The predicted molar refractivity (Wildman–Crippen MR) is 90.1 cm³/mol. The first kappa shape index (κ1) is 14.7. The highest BCUT2D eigenvalue weighted by molar-refractivity contribution is 7.13. The maximum Gasteiger partial charge on any atom is 0.239 e. The van der Waals surface area contributed by atoms with E-state index in [0.29, 0.717) is 5.69 Å². The van der Waals surface area contributed by atoms with Gasteiger partial charge in [0.2, 0.25) is 5.91 Å². The van der Waals surface area contributed by atoms with E-state index < -0.39 is 0 Å². The zero-order chi connectivity index (χ0) is 15.4. The Bertz CT molecular complexity index is 789. The molecule has 1 amide bonds. The summed E-state index contributed by atoms with van der Waals surface area (Å²) in [6, 6.07) is 11.4. The number of hydrogen-bond donors (Lipinski definition) is 1. The van der Waals surface area contributed by atoms with Gasteiger partial charge in [0.15, 0.2) is 0 Å². The van der Waals surface area contributed by atoms with Crippen molar-refractivity contribution in [1.29, 1.82) is 0 Å². The van der Waals surface area contributed by atoms with E-state index in [9.17, 15) is 4.79 Å². The van der Waals surface area contributed by atoms with Gasteiger partial charge >= 0.3 is 0 Å². The lowest BCUT2D eigenvalue weighted by Gasteiger charge is -2.04. The van der Waals surface area contributed by atoms with Crippen LogP contribution in [0.5, 0.6) is 0 Å². The summed E-state index contributed by atoms with van der Waals surface area (Å²) in [4.78, 5) is 20.1. The topological polar surface area (TPSA) is 54.9 Å². The molecule has 0 unspecified atom stereocenters. The van der Waals surface area contributed by atoms with Gasteiger partial charge in [-0.05, 0) is 24.3 Å². The molecule has 2 heterocycles. The Hall–Kier alpha value is -2.24. The molecule has 0 aliphatic carbocycles. The summed E-state index contributed by atoms with van der Waals surface area (Å²) < 4.78 is 0. The fraction of sp³-hybridized carbons (Fsp3) is 0.0625. The van der Waals surface area contributed by atoms with Gasteiger partial charge < -0.3 is 5.32 Å². The highest BCUT2D eigenvalue weighted by Crippen LogP contribution is 2.29. The lowest BCUT2D eigenvalue weighted by Crippen LogP contribution is -2.12. The smallest absolute Gasteiger partial charge is 0.239 e. The second-order valence-corrected chi connectivity index (χ2v) is 5.67. The number of nitrogens with one attached hydrogen (secondary N) is 1. The molecule has 0 atom stereocenters. The highest BCUT2D eigenvalue weighted by atomic mass is 35.5. The van der Waals surface area contributed by atoms with Crippen molar-refractivity contribution in [3.8, 4) is 21.8 Å². The monoisotopic (exact) mass is 329 g/mol. The van der Waals surface area contributed by atoms with Crippen LogP contribution >= 0.6 is 22.9 Å². The third-order valence-electron chi connectivity index (χ3n) is 2.98.